The lowest BCUT2D eigenvalue weighted by molar-refractivity contribution is 0.274. The van der Waals surface area contributed by atoms with Gasteiger partial charge in [0, 0.05) is 10.9 Å². The molecule has 0 bridgehead atoms. The normalized spacial score (nSPS) is 18.9. The van der Waals surface area contributed by atoms with Gasteiger partial charge in [-0.2, -0.15) is 0 Å². The van der Waals surface area contributed by atoms with E-state index >= 15 is 0 Å². The van der Waals surface area contributed by atoms with Crippen molar-refractivity contribution in [1.82, 2.24) is 0 Å². The van der Waals surface area contributed by atoms with Crippen LogP contribution >= 0.6 is 11.6 Å². The Morgan fingerprint density at radius 1 is 1.36 bits per heavy atom. The van der Waals surface area contributed by atoms with Gasteiger partial charge in [-0.3, -0.25) is 0 Å². The molecule has 120 valence electrons. The molecule has 1 aromatic carbocycles. The van der Waals surface area contributed by atoms with Gasteiger partial charge in [0.2, 0.25) is 0 Å². The summed E-state index contributed by atoms with van der Waals surface area (Å²) in [6.45, 7) is 9.01. The van der Waals surface area contributed by atoms with E-state index in [1.165, 1.54) is 5.56 Å². The van der Waals surface area contributed by atoms with Crippen molar-refractivity contribution in [1.29, 1.82) is 0 Å². The topological polar surface area (TPSA) is 21.6 Å². The number of halogens is 1. The molecule has 2 unspecified atom stereocenters. The van der Waals surface area contributed by atoms with Crippen LogP contribution < -0.4 is 0 Å². The van der Waals surface area contributed by atoms with Crippen LogP contribution in [0.15, 0.2) is 41.9 Å². The third kappa shape index (κ3) is 4.88. The monoisotopic (exact) mass is 319 g/mol. The summed E-state index contributed by atoms with van der Waals surface area (Å²) in [5, 5.41) is 0.793. The van der Waals surface area contributed by atoms with Crippen LogP contribution in [0.2, 0.25) is 5.02 Å². The molecule has 0 amide bonds. The third-order valence-electron chi connectivity index (χ3n) is 4.20. The summed E-state index contributed by atoms with van der Waals surface area (Å²) in [6.07, 6.45) is 6.17. The second-order valence-electron chi connectivity index (χ2n) is 6.33. The molecule has 0 saturated heterocycles. The molecule has 0 aromatic heterocycles. The molecule has 0 aliphatic carbocycles. The molecular weight excluding hydrogens is 294 g/mol. The van der Waals surface area contributed by atoms with Crippen molar-refractivity contribution < 1.29 is 4.74 Å². The Balaban J connectivity index is 1.88. The van der Waals surface area contributed by atoms with Crippen molar-refractivity contribution in [2.75, 3.05) is 6.61 Å². The van der Waals surface area contributed by atoms with Gasteiger partial charge in [-0.15, -0.1) is 6.58 Å². The van der Waals surface area contributed by atoms with Gasteiger partial charge >= 0.3 is 0 Å². The van der Waals surface area contributed by atoms with Crippen LogP contribution in [0.1, 0.15) is 38.7 Å². The van der Waals surface area contributed by atoms with Gasteiger partial charge in [0.05, 0.1) is 6.04 Å². The highest BCUT2D eigenvalue weighted by molar-refractivity contribution is 6.30. The zero-order valence-corrected chi connectivity index (χ0v) is 14.4. The number of aliphatic imine (C=N–C) groups is 1. The maximum absolute atomic E-state index is 5.92. The highest BCUT2D eigenvalue weighted by Crippen LogP contribution is 2.23. The third-order valence-corrected chi connectivity index (χ3v) is 4.45. The summed E-state index contributed by atoms with van der Waals surface area (Å²) in [5.74, 6) is 1.85. The van der Waals surface area contributed by atoms with Gasteiger partial charge in [-0.1, -0.05) is 43.7 Å². The van der Waals surface area contributed by atoms with Crippen molar-refractivity contribution in [2.45, 2.75) is 45.6 Å². The first kappa shape index (κ1) is 17.1. The smallest absolute Gasteiger partial charge is 0.187 e. The summed E-state index contributed by atoms with van der Waals surface area (Å²) in [4.78, 5) is 4.77. The molecule has 2 rings (SSSR count). The molecule has 0 spiro atoms. The number of nitrogens with zero attached hydrogens (tertiary/aromatic N) is 1. The van der Waals surface area contributed by atoms with E-state index < -0.39 is 0 Å². The van der Waals surface area contributed by atoms with E-state index in [2.05, 4.69) is 32.6 Å². The van der Waals surface area contributed by atoms with Crippen LogP contribution in [-0.2, 0) is 11.2 Å². The van der Waals surface area contributed by atoms with Crippen molar-refractivity contribution in [3.8, 4) is 0 Å². The summed E-state index contributed by atoms with van der Waals surface area (Å²) in [6, 6.07) is 8.43. The van der Waals surface area contributed by atoms with Crippen molar-refractivity contribution in [3.05, 3.63) is 47.5 Å². The number of aryl methyl sites for hydroxylation is 1. The Labute approximate surface area is 139 Å². The lowest BCUT2D eigenvalue weighted by Crippen LogP contribution is -2.15. The van der Waals surface area contributed by atoms with Crippen LogP contribution in [0.5, 0.6) is 0 Å². The van der Waals surface area contributed by atoms with Crippen LogP contribution in [0.4, 0.5) is 0 Å². The predicted molar refractivity (Wildman–Crippen MR) is 94.7 cm³/mol. The first-order valence-electron chi connectivity index (χ1n) is 8.16. The molecule has 22 heavy (non-hydrogen) atoms. The average molecular weight is 320 g/mol. The Kier molecular flexibility index (Phi) is 6.50. The molecule has 3 heteroatoms. The Morgan fingerprint density at radius 3 is 2.68 bits per heavy atom. The van der Waals surface area contributed by atoms with Gasteiger partial charge in [0.1, 0.15) is 6.61 Å². The number of ether oxygens (including phenoxy) is 1. The zero-order valence-electron chi connectivity index (χ0n) is 13.6. The number of hydrogen-bond acceptors (Lipinski definition) is 2. The van der Waals surface area contributed by atoms with Crippen molar-refractivity contribution >= 4 is 17.5 Å². The number of hydrogen-bond donors (Lipinski definition) is 0. The minimum absolute atomic E-state index is 0.318. The van der Waals surface area contributed by atoms with Crippen molar-refractivity contribution in [3.63, 3.8) is 0 Å². The minimum atomic E-state index is 0.318. The van der Waals surface area contributed by atoms with Gasteiger partial charge in [-0.05, 0) is 49.3 Å². The molecular formula is C19H26ClNO. The number of rotatable bonds is 8. The first-order chi connectivity index (χ1) is 10.6. The molecule has 1 aliphatic rings. The predicted octanol–water partition coefficient (Wildman–Crippen LogP) is 5.31. The second-order valence-corrected chi connectivity index (χ2v) is 6.77. The maximum atomic E-state index is 5.92. The fourth-order valence-corrected chi connectivity index (χ4v) is 2.85. The molecule has 0 fully saturated rings. The SMILES string of the molecule is C=CCC(CCCc1ccc(Cl)cc1)C1=NC(C(C)C)CO1. The first-order valence-corrected chi connectivity index (χ1v) is 8.53. The highest BCUT2D eigenvalue weighted by atomic mass is 35.5. The van der Waals surface area contributed by atoms with E-state index in [1.807, 2.05) is 18.2 Å². The average Bonchev–Trinajstić information content (AvgIpc) is 2.98. The summed E-state index contributed by atoms with van der Waals surface area (Å²) < 4.78 is 5.84. The minimum Gasteiger partial charge on any atom is -0.478 e. The Bertz CT molecular complexity index is 507. The standard InChI is InChI=1S/C19H26ClNO/c1-4-6-16(19-21-18(13-22-19)14(2)3)8-5-7-15-9-11-17(20)12-10-15/h4,9-12,14,16,18H,1,5-8,13H2,2-3H3. The number of allylic oxidation sites excluding steroid dienone is 1. The molecule has 2 nitrogen and oxygen atoms in total. The fourth-order valence-electron chi connectivity index (χ4n) is 2.72. The summed E-state index contributed by atoms with van der Waals surface area (Å²) in [5.41, 5.74) is 1.33. The quantitative estimate of drug-likeness (QED) is 0.595. The van der Waals surface area contributed by atoms with E-state index in [1.54, 1.807) is 0 Å². The molecule has 1 aromatic rings. The van der Waals surface area contributed by atoms with E-state index in [9.17, 15) is 0 Å². The molecule has 0 saturated carbocycles. The molecule has 1 heterocycles. The van der Waals surface area contributed by atoms with Gasteiger partial charge < -0.3 is 4.74 Å². The van der Waals surface area contributed by atoms with Gasteiger partial charge in [0.25, 0.3) is 0 Å². The largest absolute Gasteiger partial charge is 0.478 e. The zero-order chi connectivity index (χ0) is 15.9. The van der Waals surface area contributed by atoms with Gasteiger partial charge in [0.15, 0.2) is 5.90 Å². The summed E-state index contributed by atoms with van der Waals surface area (Å²) in [7, 11) is 0. The van der Waals surface area contributed by atoms with Crippen LogP contribution in [0.25, 0.3) is 0 Å². The number of benzene rings is 1. The van der Waals surface area contributed by atoms with Gasteiger partial charge in [-0.25, -0.2) is 4.99 Å². The molecule has 0 N–H and O–H groups in total. The lowest BCUT2D eigenvalue weighted by atomic mass is 9.96. The maximum Gasteiger partial charge on any atom is 0.187 e. The molecule has 1 aliphatic heterocycles. The fraction of sp³-hybridized carbons (Fsp3) is 0.526. The van der Waals surface area contributed by atoms with Crippen molar-refractivity contribution in [2.24, 2.45) is 16.8 Å². The van der Waals surface area contributed by atoms with E-state index in [0.29, 0.717) is 17.9 Å². The van der Waals surface area contributed by atoms with Crippen LogP contribution in [0, 0.1) is 11.8 Å². The Morgan fingerprint density at radius 2 is 2.09 bits per heavy atom. The molecule has 0 radical (unpaired) electrons. The highest BCUT2D eigenvalue weighted by Gasteiger charge is 2.26. The summed E-state index contributed by atoms with van der Waals surface area (Å²) >= 11 is 5.92. The Hall–Kier alpha value is -1.28. The van der Waals surface area contributed by atoms with E-state index in [-0.39, 0.29) is 0 Å². The molecule has 2 atom stereocenters. The van der Waals surface area contributed by atoms with E-state index in [4.69, 9.17) is 21.3 Å². The second kappa shape index (κ2) is 8.38. The lowest BCUT2D eigenvalue weighted by Gasteiger charge is -2.14. The van der Waals surface area contributed by atoms with Crippen LogP contribution in [0.3, 0.4) is 0 Å². The van der Waals surface area contributed by atoms with Crippen LogP contribution in [-0.4, -0.2) is 18.5 Å². The van der Waals surface area contributed by atoms with E-state index in [0.717, 1.165) is 43.2 Å².